The number of hydrogen-bond acceptors (Lipinski definition) is 4. The second kappa shape index (κ2) is 6.21. The summed E-state index contributed by atoms with van der Waals surface area (Å²) >= 11 is 1.70. The van der Waals surface area contributed by atoms with E-state index < -0.39 is 0 Å². The van der Waals surface area contributed by atoms with Crippen molar-refractivity contribution in [1.29, 1.82) is 0 Å². The maximum atomic E-state index is 4.26. The van der Waals surface area contributed by atoms with Gasteiger partial charge >= 0.3 is 0 Å². The van der Waals surface area contributed by atoms with E-state index in [-0.39, 0.29) is 5.54 Å². The summed E-state index contributed by atoms with van der Waals surface area (Å²) in [7, 11) is 0. The van der Waals surface area contributed by atoms with Gasteiger partial charge in [-0.1, -0.05) is 18.7 Å². The van der Waals surface area contributed by atoms with Crippen LogP contribution in [0.2, 0.25) is 0 Å². The first-order valence-electron chi connectivity index (χ1n) is 5.70. The molecule has 0 aliphatic rings. The van der Waals surface area contributed by atoms with Gasteiger partial charge in [-0.3, -0.25) is 0 Å². The summed E-state index contributed by atoms with van der Waals surface area (Å²) < 4.78 is 0. The molecule has 0 saturated carbocycles. The molecule has 3 nitrogen and oxygen atoms in total. The van der Waals surface area contributed by atoms with Crippen LogP contribution in [0.15, 0.2) is 17.6 Å². The Labute approximate surface area is 102 Å². The van der Waals surface area contributed by atoms with Crippen molar-refractivity contribution in [2.45, 2.75) is 44.8 Å². The number of hydrogen-bond donors (Lipinski definition) is 1. The first kappa shape index (κ1) is 13.5. The molecule has 0 unspecified atom stereocenters. The quantitative estimate of drug-likeness (QED) is 0.470. The number of nitrogens with zero attached hydrogens (tertiary/aromatic N) is 2. The van der Waals surface area contributed by atoms with E-state index in [4.69, 9.17) is 0 Å². The van der Waals surface area contributed by atoms with Gasteiger partial charge in [-0.15, -0.1) is 0 Å². The molecule has 0 spiro atoms. The van der Waals surface area contributed by atoms with Crippen LogP contribution in [-0.4, -0.2) is 27.8 Å². The highest BCUT2D eigenvalue weighted by Crippen LogP contribution is 2.12. The number of nitrogens with one attached hydrogen (secondary N) is 1. The normalized spacial score (nSPS) is 11.8. The van der Waals surface area contributed by atoms with Crippen LogP contribution in [-0.2, 0) is 0 Å². The molecule has 1 N–H and O–H groups in total. The summed E-state index contributed by atoms with van der Waals surface area (Å²) in [5.41, 5.74) is 1.34. The minimum absolute atomic E-state index is 0.231. The molecule has 0 fully saturated rings. The first-order chi connectivity index (χ1) is 7.53. The molecule has 1 rings (SSSR count). The number of aromatic nitrogens is 2. The predicted octanol–water partition coefficient (Wildman–Crippen LogP) is 2.66. The summed E-state index contributed by atoms with van der Waals surface area (Å²) in [5.74, 6) is 1.01. The van der Waals surface area contributed by atoms with E-state index in [0.717, 1.165) is 29.4 Å². The highest BCUT2D eigenvalue weighted by molar-refractivity contribution is 7.99. The van der Waals surface area contributed by atoms with E-state index in [9.17, 15) is 0 Å². The maximum absolute atomic E-state index is 4.26. The van der Waals surface area contributed by atoms with Crippen LogP contribution in [0.5, 0.6) is 0 Å². The molecule has 16 heavy (non-hydrogen) atoms. The second-order valence-electron chi connectivity index (χ2n) is 4.56. The highest BCUT2D eigenvalue weighted by Gasteiger charge is 2.12. The number of thioether (sulfide) groups is 1. The molecule has 0 saturated heterocycles. The van der Waals surface area contributed by atoms with Gasteiger partial charge in [-0.25, -0.2) is 9.97 Å². The van der Waals surface area contributed by atoms with Gasteiger partial charge in [-0.05, 0) is 32.8 Å². The Morgan fingerprint density at radius 1 is 1.31 bits per heavy atom. The van der Waals surface area contributed by atoms with Crippen LogP contribution in [0.3, 0.4) is 0 Å². The number of rotatable bonds is 6. The summed E-state index contributed by atoms with van der Waals surface area (Å²) in [6.45, 7) is 9.63. The molecule has 0 amide bonds. The van der Waals surface area contributed by atoms with Crippen molar-refractivity contribution >= 4 is 11.8 Å². The molecule has 0 atom stereocenters. The van der Waals surface area contributed by atoms with Crippen molar-refractivity contribution in [3.8, 4) is 0 Å². The Morgan fingerprint density at radius 2 is 1.94 bits per heavy atom. The standard InChI is InChI=1S/C12H21N3S/c1-5-12(3,4)15-6-7-16-11-13-8-10(2)9-14-11/h8-9,15H,5-7H2,1-4H3. The Kier molecular flexibility index (Phi) is 5.22. The fourth-order valence-corrected chi connectivity index (χ4v) is 1.75. The van der Waals surface area contributed by atoms with Crippen LogP contribution in [0.4, 0.5) is 0 Å². The van der Waals surface area contributed by atoms with Gasteiger partial charge in [0.25, 0.3) is 0 Å². The van der Waals surface area contributed by atoms with E-state index >= 15 is 0 Å². The third-order valence-corrected chi connectivity index (χ3v) is 3.46. The lowest BCUT2D eigenvalue weighted by Gasteiger charge is -2.24. The zero-order valence-electron chi connectivity index (χ0n) is 10.6. The smallest absolute Gasteiger partial charge is 0.187 e. The largest absolute Gasteiger partial charge is 0.311 e. The maximum Gasteiger partial charge on any atom is 0.187 e. The molecule has 1 aromatic rings. The zero-order chi connectivity index (χ0) is 12.0. The van der Waals surface area contributed by atoms with Crippen LogP contribution >= 0.6 is 11.8 Å². The first-order valence-corrected chi connectivity index (χ1v) is 6.68. The molecule has 0 aliphatic carbocycles. The lowest BCUT2D eigenvalue weighted by molar-refractivity contribution is 0.388. The fourth-order valence-electron chi connectivity index (χ4n) is 1.11. The Balaban J connectivity index is 2.23. The molecule has 0 radical (unpaired) electrons. The Bertz CT molecular complexity index is 309. The van der Waals surface area contributed by atoms with E-state index in [2.05, 4.69) is 36.1 Å². The van der Waals surface area contributed by atoms with Gasteiger partial charge in [0.15, 0.2) is 5.16 Å². The van der Waals surface area contributed by atoms with Gasteiger partial charge in [0.2, 0.25) is 0 Å². The van der Waals surface area contributed by atoms with Crippen molar-refractivity contribution in [3.63, 3.8) is 0 Å². The SMILES string of the molecule is CCC(C)(C)NCCSc1ncc(C)cn1. The molecule has 0 aromatic carbocycles. The van der Waals surface area contributed by atoms with Crippen molar-refractivity contribution in [2.24, 2.45) is 0 Å². The summed E-state index contributed by atoms with van der Waals surface area (Å²) in [5, 5.41) is 4.38. The number of aryl methyl sites for hydroxylation is 1. The van der Waals surface area contributed by atoms with Crippen molar-refractivity contribution in [1.82, 2.24) is 15.3 Å². The molecule has 90 valence electrons. The minimum atomic E-state index is 0.231. The van der Waals surface area contributed by atoms with E-state index in [1.807, 2.05) is 19.3 Å². The van der Waals surface area contributed by atoms with Crippen LogP contribution in [0.25, 0.3) is 0 Å². The van der Waals surface area contributed by atoms with Gasteiger partial charge in [-0.2, -0.15) is 0 Å². The summed E-state index contributed by atoms with van der Waals surface area (Å²) in [6, 6.07) is 0. The van der Waals surface area contributed by atoms with Crippen LogP contribution in [0.1, 0.15) is 32.8 Å². The van der Waals surface area contributed by atoms with Crippen LogP contribution < -0.4 is 5.32 Å². The minimum Gasteiger partial charge on any atom is -0.311 e. The fraction of sp³-hybridized carbons (Fsp3) is 0.667. The average molecular weight is 239 g/mol. The molecule has 4 heteroatoms. The van der Waals surface area contributed by atoms with Gasteiger partial charge in [0.05, 0.1) is 0 Å². The zero-order valence-corrected chi connectivity index (χ0v) is 11.4. The lowest BCUT2D eigenvalue weighted by Crippen LogP contribution is -2.39. The van der Waals surface area contributed by atoms with E-state index in [1.54, 1.807) is 11.8 Å². The predicted molar refractivity (Wildman–Crippen MR) is 69.9 cm³/mol. The Hall–Kier alpha value is -0.610. The average Bonchev–Trinajstić information content (AvgIpc) is 2.27. The second-order valence-corrected chi connectivity index (χ2v) is 5.62. The van der Waals surface area contributed by atoms with Gasteiger partial charge < -0.3 is 5.32 Å². The monoisotopic (exact) mass is 239 g/mol. The van der Waals surface area contributed by atoms with Crippen molar-refractivity contribution in [2.75, 3.05) is 12.3 Å². The van der Waals surface area contributed by atoms with Crippen molar-refractivity contribution < 1.29 is 0 Å². The Morgan fingerprint density at radius 3 is 2.50 bits per heavy atom. The lowest BCUT2D eigenvalue weighted by atomic mass is 10.0. The summed E-state index contributed by atoms with van der Waals surface area (Å²) in [4.78, 5) is 8.51. The third-order valence-electron chi connectivity index (χ3n) is 2.58. The van der Waals surface area contributed by atoms with Crippen molar-refractivity contribution in [3.05, 3.63) is 18.0 Å². The molecule has 0 aliphatic heterocycles. The third kappa shape index (κ3) is 4.94. The molecule has 1 heterocycles. The van der Waals surface area contributed by atoms with Gasteiger partial charge in [0.1, 0.15) is 0 Å². The molecular formula is C12H21N3S. The molecular weight excluding hydrogens is 218 g/mol. The summed E-state index contributed by atoms with van der Waals surface area (Å²) in [6.07, 6.45) is 4.86. The molecule has 1 aromatic heterocycles. The van der Waals surface area contributed by atoms with E-state index in [0.29, 0.717) is 0 Å². The van der Waals surface area contributed by atoms with Gasteiger partial charge in [0, 0.05) is 30.2 Å². The van der Waals surface area contributed by atoms with Crippen LogP contribution in [0, 0.1) is 6.92 Å². The molecule has 0 bridgehead atoms. The highest BCUT2D eigenvalue weighted by atomic mass is 32.2. The topological polar surface area (TPSA) is 37.8 Å². The van der Waals surface area contributed by atoms with E-state index in [1.165, 1.54) is 0 Å².